The minimum absolute atomic E-state index is 0.0842. The molecule has 2 unspecified atom stereocenters. The van der Waals surface area contributed by atoms with Crippen LogP contribution in [0.1, 0.15) is 32.3 Å². The summed E-state index contributed by atoms with van der Waals surface area (Å²) < 4.78 is 10.9. The summed E-state index contributed by atoms with van der Waals surface area (Å²) in [4.78, 5) is 4.37. The largest absolute Gasteiger partial charge is 0.497 e. The molecule has 4 rings (SSSR count). The summed E-state index contributed by atoms with van der Waals surface area (Å²) in [6.45, 7) is 5.63. The van der Waals surface area contributed by atoms with E-state index < -0.39 is 5.72 Å². The Morgan fingerprint density at radius 1 is 1.07 bits per heavy atom. The van der Waals surface area contributed by atoms with Gasteiger partial charge in [-0.05, 0) is 69.2 Å². The van der Waals surface area contributed by atoms with Gasteiger partial charge in [0.1, 0.15) is 17.3 Å². The van der Waals surface area contributed by atoms with E-state index in [2.05, 4.69) is 22.8 Å². The second-order valence-electron chi connectivity index (χ2n) is 7.29. The Morgan fingerprint density at radius 2 is 1.75 bits per heavy atom. The number of fused-ring (bicyclic) bond motifs is 1. The molecule has 148 valence electrons. The topological polar surface area (TPSA) is 45.2 Å². The lowest BCUT2D eigenvalue weighted by molar-refractivity contribution is 0.00780. The van der Waals surface area contributed by atoms with Crippen LogP contribution >= 0.6 is 0 Å². The Bertz CT molecular complexity index is 847. The van der Waals surface area contributed by atoms with Crippen LogP contribution in [0.3, 0.4) is 0 Å². The fraction of sp³-hybridized carbons (Fsp3) is 0.391. The number of aliphatic hydroxyl groups is 1. The molecule has 5 heteroatoms. The molecule has 2 aromatic rings. The summed E-state index contributed by atoms with van der Waals surface area (Å²) >= 11 is 0. The lowest BCUT2D eigenvalue weighted by Gasteiger charge is -2.37. The molecule has 0 aromatic heterocycles. The number of hydrogen-bond donors (Lipinski definition) is 1. The highest BCUT2D eigenvalue weighted by Gasteiger charge is 2.54. The van der Waals surface area contributed by atoms with Gasteiger partial charge in [0, 0.05) is 17.8 Å². The first-order chi connectivity index (χ1) is 13.6. The summed E-state index contributed by atoms with van der Waals surface area (Å²) in [6, 6.07) is 15.6. The highest BCUT2D eigenvalue weighted by molar-refractivity contribution is 5.60. The first-order valence-electron chi connectivity index (χ1n) is 9.96. The summed E-state index contributed by atoms with van der Waals surface area (Å²) in [5.74, 6) is 2.68. The summed E-state index contributed by atoms with van der Waals surface area (Å²) in [6.07, 6.45) is 4.35. The van der Waals surface area contributed by atoms with Gasteiger partial charge in [0.15, 0.2) is 5.72 Å². The van der Waals surface area contributed by atoms with Crippen molar-refractivity contribution < 1.29 is 14.6 Å². The monoisotopic (exact) mass is 380 g/mol. The average Bonchev–Trinajstić information content (AvgIpc) is 2.97. The molecule has 2 aromatic carbocycles. The molecule has 2 heterocycles. The van der Waals surface area contributed by atoms with E-state index in [-0.39, 0.29) is 6.04 Å². The van der Waals surface area contributed by atoms with Gasteiger partial charge in [-0.2, -0.15) is 0 Å². The molecular weight excluding hydrogens is 352 g/mol. The predicted molar refractivity (Wildman–Crippen MR) is 110 cm³/mol. The van der Waals surface area contributed by atoms with E-state index in [0.29, 0.717) is 6.61 Å². The van der Waals surface area contributed by atoms with E-state index in [0.717, 1.165) is 48.0 Å². The standard InChI is InChI=1S/C23H28N2O3/c1-4-28-21-12-8-18(9-13-21)23(26)17(2)24-16-6-5-7-22(24)25(23)19-10-14-20(27-3)15-11-19/h7-15,17,26H,4-6,16H2,1-3H3. The maximum Gasteiger partial charge on any atom is 0.190 e. The Balaban J connectivity index is 1.81. The van der Waals surface area contributed by atoms with E-state index in [4.69, 9.17) is 9.47 Å². The molecule has 0 bridgehead atoms. The normalized spacial score (nSPS) is 24.0. The third-order valence-corrected chi connectivity index (χ3v) is 5.77. The Morgan fingerprint density at radius 3 is 2.39 bits per heavy atom. The van der Waals surface area contributed by atoms with Crippen LogP contribution < -0.4 is 14.4 Å². The van der Waals surface area contributed by atoms with Crippen LogP contribution in [0.5, 0.6) is 11.5 Å². The Hall–Kier alpha value is -2.66. The minimum atomic E-state index is -1.17. The van der Waals surface area contributed by atoms with Crippen molar-refractivity contribution in [3.05, 3.63) is 66.0 Å². The molecule has 0 aliphatic carbocycles. The number of allylic oxidation sites excluding steroid dienone is 1. The van der Waals surface area contributed by atoms with Crippen LogP contribution in [0.15, 0.2) is 60.4 Å². The SMILES string of the molecule is CCOc1ccc(C2(O)C(C)N3CCCC=C3N2c2ccc(OC)cc2)cc1. The lowest BCUT2D eigenvalue weighted by Crippen LogP contribution is -2.47. The van der Waals surface area contributed by atoms with Crippen LogP contribution in [-0.2, 0) is 5.72 Å². The number of nitrogens with zero attached hydrogens (tertiary/aromatic N) is 2. The molecule has 1 N–H and O–H groups in total. The highest BCUT2D eigenvalue weighted by Crippen LogP contribution is 2.48. The average molecular weight is 380 g/mol. The van der Waals surface area contributed by atoms with Crippen molar-refractivity contribution >= 4 is 5.69 Å². The third kappa shape index (κ3) is 2.90. The van der Waals surface area contributed by atoms with Crippen molar-refractivity contribution in [3.8, 4) is 11.5 Å². The van der Waals surface area contributed by atoms with Gasteiger partial charge in [0.05, 0.1) is 19.8 Å². The van der Waals surface area contributed by atoms with Crippen molar-refractivity contribution in [3.63, 3.8) is 0 Å². The lowest BCUT2D eigenvalue weighted by atomic mass is 9.94. The number of hydrogen-bond acceptors (Lipinski definition) is 5. The Kier molecular flexibility index (Phi) is 4.94. The molecule has 28 heavy (non-hydrogen) atoms. The molecule has 2 aliphatic rings. The van der Waals surface area contributed by atoms with Crippen molar-refractivity contribution in [1.29, 1.82) is 0 Å². The summed E-state index contributed by atoms with van der Waals surface area (Å²) in [7, 11) is 1.66. The smallest absolute Gasteiger partial charge is 0.190 e. The van der Waals surface area contributed by atoms with E-state index in [1.165, 1.54) is 0 Å². The van der Waals surface area contributed by atoms with Crippen LogP contribution in [0, 0.1) is 0 Å². The van der Waals surface area contributed by atoms with Crippen LogP contribution in [0.2, 0.25) is 0 Å². The highest BCUT2D eigenvalue weighted by atomic mass is 16.5. The van der Waals surface area contributed by atoms with E-state index in [9.17, 15) is 5.11 Å². The molecule has 0 saturated carbocycles. The zero-order valence-corrected chi connectivity index (χ0v) is 16.8. The molecule has 0 amide bonds. The first kappa shape index (κ1) is 18.7. The second-order valence-corrected chi connectivity index (χ2v) is 7.29. The first-order valence-corrected chi connectivity index (χ1v) is 9.96. The maximum atomic E-state index is 12.1. The molecule has 1 saturated heterocycles. The molecule has 0 spiro atoms. The van der Waals surface area contributed by atoms with E-state index in [1.54, 1.807) is 7.11 Å². The van der Waals surface area contributed by atoms with Gasteiger partial charge < -0.3 is 19.5 Å². The van der Waals surface area contributed by atoms with Crippen LogP contribution in [-0.4, -0.2) is 36.3 Å². The molecule has 0 radical (unpaired) electrons. The van der Waals surface area contributed by atoms with Crippen molar-refractivity contribution in [2.45, 2.75) is 38.5 Å². The zero-order chi connectivity index (χ0) is 19.7. The van der Waals surface area contributed by atoms with Gasteiger partial charge in [-0.1, -0.05) is 12.1 Å². The van der Waals surface area contributed by atoms with Gasteiger partial charge in [-0.15, -0.1) is 0 Å². The number of ether oxygens (including phenoxy) is 2. The fourth-order valence-corrected chi connectivity index (χ4v) is 4.31. The molecule has 5 nitrogen and oxygen atoms in total. The summed E-state index contributed by atoms with van der Waals surface area (Å²) in [5, 5.41) is 12.1. The summed E-state index contributed by atoms with van der Waals surface area (Å²) in [5.41, 5.74) is 0.629. The third-order valence-electron chi connectivity index (χ3n) is 5.77. The number of benzene rings is 2. The van der Waals surface area contributed by atoms with Crippen molar-refractivity contribution in [1.82, 2.24) is 4.90 Å². The number of rotatable bonds is 5. The van der Waals surface area contributed by atoms with Gasteiger partial charge in [-0.3, -0.25) is 4.90 Å². The van der Waals surface area contributed by atoms with Gasteiger partial charge in [0.25, 0.3) is 0 Å². The molecule has 2 aliphatic heterocycles. The van der Waals surface area contributed by atoms with Gasteiger partial charge >= 0.3 is 0 Å². The zero-order valence-electron chi connectivity index (χ0n) is 16.8. The molecule has 1 fully saturated rings. The van der Waals surface area contributed by atoms with Crippen molar-refractivity contribution in [2.24, 2.45) is 0 Å². The molecule has 2 atom stereocenters. The quantitative estimate of drug-likeness (QED) is 0.847. The van der Waals surface area contributed by atoms with Gasteiger partial charge in [-0.25, -0.2) is 0 Å². The minimum Gasteiger partial charge on any atom is -0.497 e. The predicted octanol–water partition coefficient (Wildman–Crippen LogP) is 4.08. The molecular formula is C23H28N2O3. The maximum absolute atomic E-state index is 12.1. The van der Waals surface area contributed by atoms with Crippen LogP contribution in [0.4, 0.5) is 5.69 Å². The number of methoxy groups -OCH3 is 1. The van der Waals surface area contributed by atoms with E-state index >= 15 is 0 Å². The van der Waals surface area contributed by atoms with Gasteiger partial charge in [0.2, 0.25) is 0 Å². The fourth-order valence-electron chi connectivity index (χ4n) is 4.31. The van der Waals surface area contributed by atoms with Crippen LogP contribution in [0.25, 0.3) is 0 Å². The van der Waals surface area contributed by atoms with E-state index in [1.807, 2.05) is 55.5 Å². The van der Waals surface area contributed by atoms with Crippen molar-refractivity contribution in [2.75, 3.05) is 25.2 Å². The number of anilines is 1. The Labute approximate surface area is 166 Å². The second kappa shape index (κ2) is 7.40.